The van der Waals surface area contributed by atoms with Crippen molar-refractivity contribution in [2.24, 2.45) is 0 Å². The summed E-state index contributed by atoms with van der Waals surface area (Å²) >= 11 is 0.983. The highest BCUT2D eigenvalue weighted by molar-refractivity contribution is 7.93. The second-order valence-corrected chi connectivity index (χ2v) is 9.14. The summed E-state index contributed by atoms with van der Waals surface area (Å²) in [6.07, 6.45) is 0. The monoisotopic (exact) mass is 431 g/mol. The zero-order valence-corrected chi connectivity index (χ0v) is 18.1. The molecule has 0 fully saturated rings. The summed E-state index contributed by atoms with van der Waals surface area (Å²) in [5, 5.41) is 2.91. The van der Waals surface area contributed by atoms with Crippen LogP contribution in [0, 0.1) is 20.8 Å². The Bertz CT molecular complexity index is 1170. The third-order valence-electron chi connectivity index (χ3n) is 4.17. The van der Waals surface area contributed by atoms with E-state index in [0.717, 1.165) is 16.9 Å². The van der Waals surface area contributed by atoms with Gasteiger partial charge in [0.05, 0.1) is 17.7 Å². The molecule has 3 rings (SSSR count). The highest BCUT2D eigenvalue weighted by Crippen LogP contribution is 2.27. The minimum atomic E-state index is -3.81. The van der Waals surface area contributed by atoms with Gasteiger partial charge in [0.1, 0.15) is 10.6 Å². The standard InChI is InChI=1S/C20H21N3O4S2/c1-12-8-9-17(13(2)10-12)29(25,26)23-20-21-14(3)18(28-20)19(24)22-15-6-5-7-16(11-15)27-4/h5-11H,1-4H3,(H,21,23)(H,22,24). The number of ether oxygens (including phenoxy) is 1. The Morgan fingerprint density at radius 1 is 1.10 bits per heavy atom. The lowest BCUT2D eigenvalue weighted by Crippen LogP contribution is -2.14. The number of methoxy groups -OCH3 is 1. The Balaban J connectivity index is 1.81. The Kier molecular flexibility index (Phi) is 5.90. The van der Waals surface area contributed by atoms with Crippen molar-refractivity contribution in [3.05, 3.63) is 64.2 Å². The number of hydrogen-bond acceptors (Lipinski definition) is 6. The summed E-state index contributed by atoms with van der Waals surface area (Å²) < 4.78 is 33.1. The van der Waals surface area contributed by atoms with E-state index in [4.69, 9.17) is 4.74 Å². The van der Waals surface area contributed by atoms with Gasteiger partial charge in [0, 0.05) is 11.8 Å². The van der Waals surface area contributed by atoms with E-state index in [1.54, 1.807) is 63.4 Å². The minimum Gasteiger partial charge on any atom is -0.497 e. The first-order valence-corrected chi connectivity index (χ1v) is 11.0. The summed E-state index contributed by atoms with van der Waals surface area (Å²) in [7, 11) is -2.26. The lowest BCUT2D eigenvalue weighted by molar-refractivity contribution is 0.103. The smallest absolute Gasteiger partial charge is 0.267 e. The number of amides is 1. The molecule has 0 saturated carbocycles. The van der Waals surface area contributed by atoms with Crippen LogP contribution in [-0.2, 0) is 10.0 Å². The number of nitrogens with one attached hydrogen (secondary N) is 2. The van der Waals surface area contributed by atoms with Crippen molar-refractivity contribution in [3.8, 4) is 5.75 Å². The van der Waals surface area contributed by atoms with E-state index in [2.05, 4.69) is 15.0 Å². The fraction of sp³-hybridized carbons (Fsp3) is 0.200. The van der Waals surface area contributed by atoms with E-state index in [-0.39, 0.29) is 15.9 Å². The first-order valence-electron chi connectivity index (χ1n) is 8.72. The fourth-order valence-electron chi connectivity index (χ4n) is 2.81. The molecule has 1 aromatic heterocycles. The van der Waals surface area contributed by atoms with Crippen LogP contribution in [0.1, 0.15) is 26.5 Å². The quantitative estimate of drug-likeness (QED) is 0.612. The molecule has 2 N–H and O–H groups in total. The summed E-state index contributed by atoms with van der Waals surface area (Å²) in [5.74, 6) is 0.246. The van der Waals surface area contributed by atoms with E-state index in [1.165, 1.54) is 0 Å². The van der Waals surface area contributed by atoms with Crippen LogP contribution >= 0.6 is 11.3 Å². The summed E-state index contributed by atoms with van der Waals surface area (Å²) in [4.78, 5) is 17.3. The number of sulfonamides is 1. The normalized spacial score (nSPS) is 11.2. The summed E-state index contributed by atoms with van der Waals surface area (Å²) in [5.41, 5.74) is 2.62. The zero-order chi connectivity index (χ0) is 21.2. The van der Waals surface area contributed by atoms with Crippen molar-refractivity contribution in [1.82, 2.24) is 4.98 Å². The number of hydrogen-bond donors (Lipinski definition) is 2. The number of rotatable bonds is 6. The van der Waals surface area contributed by atoms with Gasteiger partial charge in [-0.25, -0.2) is 13.4 Å². The third-order valence-corrected chi connectivity index (χ3v) is 6.87. The van der Waals surface area contributed by atoms with Crippen molar-refractivity contribution in [1.29, 1.82) is 0 Å². The van der Waals surface area contributed by atoms with Crippen LogP contribution in [-0.4, -0.2) is 26.4 Å². The molecule has 0 spiro atoms. The van der Waals surface area contributed by atoms with Gasteiger partial charge in [-0.3, -0.25) is 9.52 Å². The van der Waals surface area contributed by atoms with E-state index in [0.29, 0.717) is 27.6 Å². The Hall–Kier alpha value is -2.91. The Morgan fingerprint density at radius 2 is 1.86 bits per heavy atom. The number of benzene rings is 2. The SMILES string of the molecule is COc1cccc(NC(=O)c2sc(NS(=O)(=O)c3ccc(C)cc3C)nc2C)c1. The summed E-state index contributed by atoms with van der Waals surface area (Å²) in [6, 6.07) is 12.1. The van der Waals surface area contributed by atoms with Crippen LogP contribution in [0.4, 0.5) is 10.8 Å². The number of nitrogens with zero attached hydrogens (tertiary/aromatic N) is 1. The number of aryl methyl sites for hydroxylation is 3. The second kappa shape index (κ2) is 8.22. The molecule has 29 heavy (non-hydrogen) atoms. The van der Waals surface area contributed by atoms with Gasteiger partial charge in [-0.1, -0.05) is 35.1 Å². The average molecular weight is 432 g/mol. The molecule has 1 amide bonds. The van der Waals surface area contributed by atoms with E-state index in [1.807, 2.05) is 6.92 Å². The molecule has 0 saturated heterocycles. The molecule has 0 radical (unpaired) electrons. The maximum absolute atomic E-state index is 12.7. The molecule has 0 atom stereocenters. The van der Waals surface area contributed by atoms with Gasteiger partial charge in [-0.15, -0.1) is 0 Å². The predicted molar refractivity (Wildman–Crippen MR) is 115 cm³/mol. The number of carbonyl (C=O) groups excluding carboxylic acids is 1. The lowest BCUT2D eigenvalue weighted by atomic mass is 10.2. The maximum Gasteiger partial charge on any atom is 0.267 e. The molecule has 0 bridgehead atoms. The van der Waals surface area contributed by atoms with Crippen molar-refractivity contribution < 1.29 is 17.9 Å². The van der Waals surface area contributed by atoms with Crippen LogP contribution in [0.15, 0.2) is 47.4 Å². The van der Waals surface area contributed by atoms with Crippen molar-refractivity contribution >= 4 is 38.1 Å². The molecule has 2 aromatic carbocycles. The van der Waals surface area contributed by atoms with Crippen LogP contribution in [0.25, 0.3) is 0 Å². The van der Waals surface area contributed by atoms with E-state index < -0.39 is 10.0 Å². The fourth-order valence-corrected chi connectivity index (χ4v) is 5.13. The van der Waals surface area contributed by atoms with Gasteiger partial charge in [0.2, 0.25) is 0 Å². The van der Waals surface area contributed by atoms with Gasteiger partial charge in [-0.05, 0) is 44.5 Å². The molecular formula is C20H21N3O4S2. The molecule has 7 nitrogen and oxygen atoms in total. The molecule has 0 aliphatic rings. The highest BCUT2D eigenvalue weighted by Gasteiger charge is 2.22. The van der Waals surface area contributed by atoms with Gasteiger partial charge in [0.15, 0.2) is 5.13 Å². The lowest BCUT2D eigenvalue weighted by Gasteiger charge is -2.08. The largest absolute Gasteiger partial charge is 0.497 e. The third kappa shape index (κ3) is 4.75. The first kappa shape index (κ1) is 20.8. The van der Waals surface area contributed by atoms with Crippen molar-refractivity contribution in [2.45, 2.75) is 25.7 Å². The molecule has 3 aromatic rings. The Labute approximate surface area is 173 Å². The highest BCUT2D eigenvalue weighted by atomic mass is 32.2. The first-order chi connectivity index (χ1) is 13.7. The van der Waals surface area contributed by atoms with Crippen molar-refractivity contribution in [2.75, 3.05) is 17.1 Å². The van der Waals surface area contributed by atoms with Crippen molar-refractivity contribution in [3.63, 3.8) is 0 Å². The minimum absolute atomic E-state index is 0.137. The Morgan fingerprint density at radius 3 is 2.55 bits per heavy atom. The molecule has 0 aliphatic carbocycles. The molecular weight excluding hydrogens is 410 g/mol. The number of thiazole rings is 1. The van der Waals surface area contributed by atoms with E-state index >= 15 is 0 Å². The number of carbonyl (C=O) groups is 1. The number of anilines is 2. The zero-order valence-electron chi connectivity index (χ0n) is 16.4. The van der Waals surface area contributed by atoms with Crippen LogP contribution in [0.2, 0.25) is 0 Å². The molecule has 152 valence electrons. The average Bonchev–Trinajstić information content (AvgIpc) is 3.01. The predicted octanol–water partition coefficient (Wildman–Crippen LogP) is 4.13. The van der Waals surface area contributed by atoms with Gasteiger partial charge >= 0.3 is 0 Å². The summed E-state index contributed by atoms with van der Waals surface area (Å²) in [6.45, 7) is 5.29. The van der Waals surface area contributed by atoms with Gasteiger partial charge in [0.25, 0.3) is 15.9 Å². The molecule has 0 unspecified atom stereocenters. The molecule has 9 heteroatoms. The van der Waals surface area contributed by atoms with E-state index in [9.17, 15) is 13.2 Å². The number of aromatic nitrogens is 1. The molecule has 1 heterocycles. The maximum atomic E-state index is 12.7. The van der Waals surface area contributed by atoms with Gasteiger partial charge < -0.3 is 10.1 Å². The van der Waals surface area contributed by atoms with Crippen LogP contribution < -0.4 is 14.8 Å². The van der Waals surface area contributed by atoms with Gasteiger partial charge in [-0.2, -0.15) is 0 Å². The van der Waals surface area contributed by atoms with Crippen LogP contribution in [0.3, 0.4) is 0 Å². The topological polar surface area (TPSA) is 97.4 Å². The van der Waals surface area contributed by atoms with Crippen LogP contribution in [0.5, 0.6) is 5.75 Å². The second-order valence-electron chi connectivity index (χ2n) is 6.49. The molecule has 0 aliphatic heterocycles.